The Kier molecular flexibility index (Phi) is 5.05. The highest BCUT2D eigenvalue weighted by atomic mass is 35.5. The van der Waals surface area contributed by atoms with Crippen LogP contribution in [0.1, 0.15) is 32.7 Å². The summed E-state index contributed by atoms with van der Waals surface area (Å²) >= 11 is 6.42. The average Bonchev–Trinajstić information content (AvgIpc) is 2.90. The Morgan fingerprint density at radius 2 is 1.77 bits per heavy atom. The maximum absolute atomic E-state index is 13.1. The van der Waals surface area contributed by atoms with Crippen LogP contribution in [-0.4, -0.2) is 15.6 Å². The molecule has 0 bridgehead atoms. The van der Waals surface area contributed by atoms with Crippen LogP contribution in [-0.2, 0) is 0 Å². The van der Waals surface area contributed by atoms with Crippen LogP contribution in [0.2, 0.25) is 5.15 Å². The number of ketones is 1. The molecule has 0 atom stereocenters. The number of hydrogen-bond acceptors (Lipinski definition) is 2. The second kappa shape index (κ2) is 7.26. The highest BCUT2D eigenvalue weighted by molar-refractivity contribution is 6.31. The van der Waals surface area contributed by atoms with Crippen molar-refractivity contribution in [3.05, 3.63) is 87.5 Å². The zero-order valence-electron chi connectivity index (χ0n) is 14.8. The maximum atomic E-state index is 13.1. The smallest absolute Gasteiger partial charge is 0.185 e. The van der Waals surface area contributed by atoms with E-state index in [1.807, 2.05) is 39.0 Å². The minimum Gasteiger partial charge on any atom is -0.289 e. The summed E-state index contributed by atoms with van der Waals surface area (Å²) < 4.78 is 14.6. The van der Waals surface area contributed by atoms with E-state index in [2.05, 4.69) is 5.10 Å². The number of allylic oxidation sites excluding steroid dienone is 1. The van der Waals surface area contributed by atoms with E-state index in [0.29, 0.717) is 27.7 Å². The lowest BCUT2D eigenvalue weighted by Gasteiger charge is -2.03. The number of hydrogen-bond donors (Lipinski definition) is 0. The first-order valence-electron chi connectivity index (χ1n) is 8.17. The fourth-order valence-corrected chi connectivity index (χ4v) is 2.94. The second-order valence-corrected chi connectivity index (χ2v) is 6.53. The van der Waals surface area contributed by atoms with E-state index in [-0.39, 0.29) is 11.6 Å². The molecule has 0 amide bonds. The number of rotatable bonds is 4. The minimum atomic E-state index is -0.326. The van der Waals surface area contributed by atoms with Crippen LogP contribution in [0, 0.1) is 26.6 Å². The Balaban J connectivity index is 1.90. The molecule has 3 rings (SSSR count). The van der Waals surface area contributed by atoms with E-state index in [9.17, 15) is 9.18 Å². The van der Waals surface area contributed by atoms with Gasteiger partial charge >= 0.3 is 0 Å². The van der Waals surface area contributed by atoms with Gasteiger partial charge in [0.15, 0.2) is 5.78 Å². The van der Waals surface area contributed by atoms with Gasteiger partial charge in [-0.25, -0.2) is 9.07 Å². The van der Waals surface area contributed by atoms with Crippen molar-refractivity contribution in [3.63, 3.8) is 0 Å². The number of benzene rings is 2. The SMILES string of the molecule is Cc1ccc(C(=O)/C=C/c2c(C)nn(-c3ccc(F)cc3)c2Cl)cc1C. The maximum Gasteiger partial charge on any atom is 0.185 e. The molecule has 26 heavy (non-hydrogen) atoms. The van der Waals surface area contributed by atoms with Crippen LogP contribution in [0.3, 0.4) is 0 Å². The molecule has 2 aromatic carbocycles. The summed E-state index contributed by atoms with van der Waals surface area (Å²) in [5.74, 6) is -0.425. The van der Waals surface area contributed by atoms with E-state index in [1.165, 1.54) is 22.9 Å². The molecule has 0 saturated carbocycles. The molecule has 132 valence electrons. The molecule has 0 saturated heterocycles. The molecular formula is C21H18ClFN2O. The van der Waals surface area contributed by atoms with Crippen molar-refractivity contribution in [1.29, 1.82) is 0 Å². The molecule has 0 spiro atoms. The Morgan fingerprint density at radius 3 is 2.42 bits per heavy atom. The zero-order chi connectivity index (χ0) is 18.8. The van der Waals surface area contributed by atoms with Crippen LogP contribution < -0.4 is 0 Å². The number of halogens is 2. The lowest BCUT2D eigenvalue weighted by Crippen LogP contribution is -1.97. The van der Waals surface area contributed by atoms with Gasteiger partial charge in [0, 0.05) is 11.1 Å². The third-order valence-electron chi connectivity index (χ3n) is 4.31. The normalized spacial score (nSPS) is 11.3. The first kappa shape index (κ1) is 18.1. The van der Waals surface area contributed by atoms with Crippen molar-refractivity contribution in [2.24, 2.45) is 0 Å². The summed E-state index contributed by atoms with van der Waals surface area (Å²) in [4.78, 5) is 12.4. The summed E-state index contributed by atoms with van der Waals surface area (Å²) in [6, 6.07) is 11.5. The fourth-order valence-electron chi connectivity index (χ4n) is 2.60. The van der Waals surface area contributed by atoms with E-state index in [1.54, 1.807) is 18.2 Å². The Bertz CT molecular complexity index is 1000. The molecule has 0 radical (unpaired) electrons. The monoisotopic (exact) mass is 368 g/mol. The van der Waals surface area contributed by atoms with Crippen molar-refractivity contribution >= 4 is 23.5 Å². The van der Waals surface area contributed by atoms with E-state index >= 15 is 0 Å². The van der Waals surface area contributed by atoms with E-state index < -0.39 is 0 Å². The number of aromatic nitrogens is 2. The van der Waals surface area contributed by atoms with Crippen molar-refractivity contribution in [2.45, 2.75) is 20.8 Å². The van der Waals surface area contributed by atoms with E-state index in [4.69, 9.17) is 11.6 Å². The van der Waals surface area contributed by atoms with Gasteiger partial charge in [0.25, 0.3) is 0 Å². The van der Waals surface area contributed by atoms with E-state index in [0.717, 1.165) is 11.1 Å². The van der Waals surface area contributed by atoms with Gasteiger partial charge in [-0.1, -0.05) is 23.7 Å². The van der Waals surface area contributed by atoms with Crippen molar-refractivity contribution < 1.29 is 9.18 Å². The summed E-state index contributed by atoms with van der Waals surface area (Å²) in [6.45, 7) is 5.79. The summed E-state index contributed by atoms with van der Waals surface area (Å²) in [5, 5.41) is 4.76. The Labute approximate surface area is 156 Å². The number of nitrogens with zero attached hydrogens (tertiary/aromatic N) is 2. The Hall–Kier alpha value is -2.72. The molecule has 0 aliphatic rings. The molecule has 3 nitrogen and oxygen atoms in total. The first-order valence-corrected chi connectivity index (χ1v) is 8.55. The van der Waals surface area contributed by atoms with Gasteiger partial charge in [0.05, 0.1) is 11.4 Å². The molecule has 3 aromatic rings. The summed E-state index contributed by atoms with van der Waals surface area (Å²) in [7, 11) is 0. The number of carbonyl (C=O) groups is 1. The number of aryl methyl sites for hydroxylation is 3. The van der Waals surface area contributed by atoms with Gasteiger partial charge in [-0.3, -0.25) is 4.79 Å². The minimum absolute atomic E-state index is 0.0990. The predicted molar refractivity (Wildman–Crippen MR) is 103 cm³/mol. The summed E-state index contributed by atoms with van der Waals surface area (Å²) in [6.07, 6.45) is 3.16. The van der Waals surface area contributed by atoms with Crippen LogP contribution in [0.15, 0.2) is 48.5 Å². The topological polar surface area (TPSA) is 34.9 Å². The molecule has 0 fully saturated rings. The standard InChI is InChI=1S/C21H18ClFN2O/c1-13-4-5-16(12-14(13)2)20(26)11-10-19-15(3)24-25(21(19)22)18-8-6-17(23)7-9-18/h4-12H,1-3H3/b11-10+. The third-order valence-corrected chi connectivity index (χ3v) is 4.68. The summed E-state index contributed by atoms with van der Waals surface area (Å²) in [5.41, 5.74) is 4.84. The van der Waals surface area contributed by atoms with Gasteiger partial charge in [0.1, 0.15) is 11.0 Å². The first-order chi connectivity index (χ1) is 12.4. The largest absolute Gasteiger partial charge is 0.289 e. The predicted octanol–water partition coefficient (Wildman–Crippen LogP) is 5.49. The van der Waals surface area contributed by atoms with Gasteiger partial charge in [-0.15, -0.1) is 0 Å². The third kappa shape index (κ3) is 3.60. The highest BCUT2D eigenvalue weighted by Gasteiger charge is 2.13. The highest BCUT2D eigenvalue weighted by Crippen LogP contribution is 2.25. The molecular weight excluding hydrogens is 351 g/mol. The molecule has 0 N–H and O–H groups in total. The zero-order valence-corrected chi connectivity index (χ0v) is 15.5. The van der Waals surface area contributed by atoms with Gasteiger partial charge in [0.2, 0.25) is 0 Å². The van der Waals surface area contributed by atoms with Crippen molar-refractivity contribution in [1.82, 2.24) is 9.78 Å². The fraction of sp³-hybridized carbons (Fsp3) is 0.143. The van der Waals surface area contributed by atoms with Crippen LogP contribution in [0.25, 0.3) is 11.8 Å². The Morgan fingerprint density at radius 1 is 1.08 bits per heavy atom. The molecule has 0 unspecified atom stereocenters. The molecule has 1 aromatic heterocycles. The molecule has 0 aliphatic heterocycles. The lowest BCUT2D eigenvalue weighted by atomic mass is 10.0. The molecule has 0 aliphatic carbocycles. The lowest BCUT2D eigenvalue weighted by molar-refractivity contribution is 0.104. The van der Waals surface area contributed by atoms with Crippen molar-refractivity contribution in [3.8, 4) is 5.69 Å². The van der Waals surface area contributed by atoms with Crippen LogP contribution in [0.4, 0.5) is 4.39 Å². The van der Waals surface area contributed by atoms with Gasteiger partial charge in [-0.2, -0.15) is 5.10 Å². The van der Waals surface area contributed by atoms with Gasteiger partial charge in [-0.05, 0) is 74.4 Å². The molecule has 1 heterocycles. The van der Waals surface area contributed by atoms with Gasteiger partial charge < -0.3 is 0 Å². The van der Waals surface area contributed by atoms with Crippen LogP contribution in [0.5, 0.6) is 0 Å². The average molecular weight is 369 g/mol. The van der Waals surface area contributed by atoms with Crippen molar-refractivity contribution in [2.75, 3.05) is 0 Å². The molecule has 5 heteroatoms. The van der Waals surface area contributed by atoms with Crippen LogP contribution >= 0.6 is 11.6 Å². The second-order valence-electron chi connectivity index (χ2n) is 6.17. The quantitative estimate of drug-likeness (QED) is 0.451. The number of carbonyl (C=O) groups excluding carboxylic acids is 1.